The Kier molecular flexibility index (Phi) is 5.64. The van der Waals surface area contributed by atoms with Gasteiger partial charge in [-0.05, 0) is 100 Å². The van der Waals surface area contributed by atoms with Crippen molar-refractivity contribution in [2.45, 2.75) is 19.3 Å². The summed E-state index contributed by atoms with van der Waals surface area (Å²) in [5, 5.41) is 7.66. The molecule has 9 rings (SSSR count). The van der Waals surface area contributed by atoms with Crippen LogP contribution in [0.15, 0.2) is 158 Å². The van der Waals surface area contributed by atoms with E-state index in [0.29, 0.717) is 0 Å². The summed E-state index contributed by atoms with van der Waals surface area (Å²) in [5.41, 5.74) is 13.1. The van der Waals surface area contributed by atoms with Gasteiger partial charge in [0.1, 0.15) is 0 Å². The van der Waals surface area contributed by atoms with E-state index in [0.717, 1.165) is 0 Å². The van der Waals surface area contributed by atoms with Gasteiger partial charge in [-0.1, -0.05) is 159 Å². The van der Waals surface area contributed by atoms with Crippen LogP contribution in [0.5, 0.6) is 0 Å². The number of rotatable bonds is 3. The van der Waals surface area contributed by atoms with Gasteiger partial charge in [-0.3, -0.25) is 0 Å². The second-order valence-electron chi connectivity index (χ2n) is 12.9. The van der Waals surface area contributed by atoms with Gasteiger partial charge in [-0.15, -0.1) is 0 Å². The number of hydrogen-bond donors (Lipinski definition) is 0. The van der Waals surface area contributed by atoms with Crippen molar-refractivity contribution in [3.63, 3.8) is 0 Å². The Bertz CT molecular complexity index is 2390. The number of benzene rings is 8. The second kappa shape index (κ2) is 9.78. The van der Waals surface area contributed by atoms with E-state index in [1.165, 1.54) is 88.0 Å². The first-order chi connectivity index (χ1) is 22.1. The van der Waals surface area contributed by atoms with Crippen LogP contribution in [0.3, 0.4) is 0 Å². The maximum Gasteiger partial charge on any atom is 0.0165 e. The highest BCUT2D eigenvalue weighted by Crippen LogP contribution is 2.55. The molecule has 0 saturated heterocycles. The molecule has 0 atom stereocenters. The third-order valence-corrected chi connectivity index (χ3v) is 10.0. The molecule has 0 N–H and O–H groups in total. The molecule has 1 aliphatic rings. The fraction of sp³-hybridized carbons (Fsp3) is 0.0667. The Morgan fingerprint density at radius 1 is 0.356 bits per heavy atom. The average molecular weight is 573 g/mol. The van der Waals surface area contributed by atoms with Gasteiger partial charge in [-0.2, -0.15) is 0 Å². The van der Waals surface area contributed by atoms with E-state index in [9.17, 15) is 0 Å². The van der Waals surface area contributed by atoms with Crippen LogP contribution >= 0.6 is 0 Å². The lowest BCUT2D eigenvalue weighted by Crippen LogP contribution is -2.16. The smallest absolute Gasteiger partial charge is 0.0165 e. The summed E-state index contributed by atoms with van der Waals surface area (Å²) in [6.07, 6.45) is 0. The largest absolute Gasteiger partial charge is 0.0622 e. The molecule has 0 unspecified atom stereocenters. The minimum Gasteiger partial charge on any atom is -0.0622 e. The van der Waals surface area contributed by atoms with Gasteiger partial charge in [-0.25, -0.2) is 0 Å². The van der Waals surface area contributed by atoms with Crippen molar-refractivity contribution in [3.05, 3.63) is 169 Å². The lowest BCUT2D eigenvalue weighted by molar-refractivity contribution is 0.662. The van der Waals surface area contributed by atoms with Crippen LogP contribution in [-0.2, 0) is 5.41 Å². The molecule has 0 amide bonds. The zero-order valence-corrected chi connectivity index (χ0v) is 25.5. The summed E-state index contributed by atoms with van der Waals surface area (Å²) < 4.78 is 0. The van der Waals surface area contributed by atoms with Crippen molar-refractivity contribution in [2.24, 2.45) is 0 Å². The maximum absolute atomic E-state index is 2.41. The third kappa shape index (κ3) is 3.79. The Hall–Kier alpha value is -5.46. The van der Waals surface area contributed by atoms with Crippen molar-refractivity contribution in [1.29, 1.82) is 0 Å². The zero-order chi connectivity index (χ0) is 30.1. The summed E-state index contributed by atoms with van der Waals surface area (Å²) in [6, 6.07) is 58.3. The molecule has 0 radical (unpaired) electrons. The van der Waals surface area contributed by atoms with Crippen LogP contribution in [0.2, 0.25) is 0 Å². The zero-order valence-electron chi connectivity index (χ0n) is 25.5. The highest BCUT2D eigenvalue weighted by atomic mass is 14.4. The predicted molar refractivity (Wildman–Crippen MR) is 193 cm³/mol. The van der Waals surface area contributed by atoms with E-state index >= 15 is 0 Å². The molecule has 0 spiro atoms. The van der Waals surface area contributed by atoms with Crippen LogP contribution in [0.4, 0.5) is 0 Å². The fourth-order valence-corrected chi connectivity index (χ4v) is 8.07. The third-order valence-electron chi connectivity index (χ3n) is 10.0. The normalized spacial score (nSPS) is 13.3. The average Bonchev–Trinajstić information content (AvgIpc) is 3.33. The minimum absolute atomic E-state index is 0.109. The SMILES string of the molecule is CC1(C)c2ccccc2-c2cccc(-c3c4ccccc4c(-c4cc5ccccc5cc4-c4ccccc4)c4ccccc34)c21. The molecule has 0 fully saturated rings. The molecule has 212 valence electrons. The number of fused-ring (bicyclic) bond motifs is 6. The molecule has 1 aliphatic carbocycles. The summed E-state index contributed by atoms with van der Waals surface area (Å²) in [5.74, 6) is 0. The van der Waals surface area contributed by atoms with Gasteiger partial charge in [0, 0.05) is 5.41 Å². The van der Waals surface area contributed by atoms with Crippen LogP contribution in [0.25, 0.3) is 76.8 Å². The molecular formula is C45H32. The molecule has 8 aromatic carbocycles. The Morgan fingerprint density at radius 3 is 1.47 bits per heavy atom. The Balaban J connectivity index is 1.43. The van der Waals surface area contributed by atoms with Gasteiger partial charge < -0.3 is 0 Å². The lowest BCUT2D eigenvalue weighted by atomic mass is 9.76. The van der Waals surface area contributed by atoms with Crippen LogP contribution in [-0.4, -0.2) is 0 Å². The molecule has 0 bridgehead atoms. The number of hydrogen-bond acceptors (Lipinski definition) is 0. The quantitative estimate of drug-likeness (QED) is 0.185. The molecule has 0 nitrogen and oxygen atoms in total. The molecule has 45 heavy (non-hydrogen) atoms. The van der Waals surface area contributed by atoms with Crippen molar-refractivity contribution < 1.29 is 0 Å². The van der Waals surface area contributed by atoms with Gasteiger partial charge in [0.05, 0.1) is 0 Å². The lowest BCUT2D eigenvalue weighted by Gasteiger charge is -2.26. The highest BCUT2D eigenvalue weighted by Gasteiger charge is 2.38. The van der Waals surface area contributed by atoms with Crippen molar-refractivity contribution >= 4 is 32.3 Å². The monoisotopic (exact) mass is 572 g/mol. The summed E-state index contributed by atoms with van der Waals surface area (Å²) >= 11 is 0. The standard InChI is InChI=1S/C45H32/c1-45(2)41-26-13-12-19-32(41)37-24-14-25-38(44(37)45)42-33-20-8-10-22-35(33)43(36-23-11-9-21-34(36)42)40-28-31-18-7-6-17-30(31)27-39(40)29-15-4-3-5-16-29/h3-28H,1-2H3. The molecule has 0 heteroatoms. The molecule has 0 aliphatic heterocycles. The van der Waals surface area contributed by atoms with Gasteiger partial charge >= 0.3 is 0 Å². The summed E-state index contributed by atoms with van der Waals surface area (Å²) in [4.78, 5) is 0. The van der Waals surface area contributed by atoms with Crippen molar-refractivity contribution in [1.82, 2.24) is 0 Å². The van der Waals surface area contributed by atoms with E-state index in [4.69, 9.17) is 0 Å². The summed E-state index contributed by atoms with van der Waals surface area (Å²) in [6.45, 7) is 4.78. The van der Waals surface area contributed by atoms with Crippen LogP contribution < -0.4 is 0 Å². The molecular weight excluding hydrogens is 540 g/mol. The van der Waals surface area contributed by atoms with E-state index in [1.807, 2.05) is 0 Å². The minimum atomic E-state index is -0.109. The van der Waals surface area contributed by atoms with Crippen LogP contribution in [0.1, 0.15) is 25.0 Å². The first kappa shape index (κ1) is 26.0. The Labute approximate surface area is 264 Å². The van der Waals surface area contributed by atoms with Crippen molar-refractivity contribution in [2.75, 3.05) is 0 Å². The highest BCUT2D eigenvalue weighted by molar-refractivity contribution is 6.23. The maximum atomic E-state index is 2.41. The first-order valence-corrected chi connectivity index (χ1v) is 15.9. The fourth-order valence-electron chi connectivity index (χ4n) is 8.07. The Morgan fingerprint density at radius 2 is 0.822 bits per heavy atom. The van der Waals surface area contributed by atoms with Gasteiger partial charge in [0.2, 0.25) is 0 Å². The van der Waals surface area contributed by atoms with Crippen LogP contribution in [0, 0.1) is 0 Å². The second-order valence-corrected chi connectivity index (χ2v) is 12.9. The molecule has 0 saturated carbocycles. The molecule has 8 aromatic rings. The molecule has 0 aromatic heterocycles. The van der Waals surface area contributed by atoms with E-state index in [2.05, 4.69) is 172 Å². The topological polar surface area (TPSA) is 0 Å². The van der Waals surface area contributed by atoms with Gasteiger partial charge in [0.15, 0.2) is 0 Å². The predicted octanol–water partition coefficient (Wildman–Crippen LogP) is 12.5. The first-order valence-electron chi connectivity index (χ1n) is 15.9. The van der Waals surface area contributed by atoms with E-state index < -0.39 is 0 Å². The molecule has 0 heterocycles. The van der Waals surface area contributed by atoms with E-state index in [-0.39, 0.29) is 5.41 Å². The van der Waals surface area contributed by atoms with Crippen molar-refractivity contribution in [3.8, 4) is 44.5 Å². The summed E-state index contributed by atoms with van der Waals surface area (Å²) in [7, 11) is 0. The van der Waals surface area contributed by atoms with E-state index in [1.54, 1.807) is 0 Å². The van der Waals surface area contributed by atoms with Gasteiger partial charge in [0.25, 0.3) is 0 Å².